The second-order valence-electron chi connectivity index (χ2n) is 5.95. The number of fused-ring (bicyclic) bond motifs is 2. The van der Waals surface area contributed by atoms with Crippen LogP contribution in [-0.2, 0) is 14.8 Å². The molecule has 0 aromatic heterocycles. The number of carboxylic acids is 1. The molecular weight excluding hydrogens is 388 g/mol. The first-order valence-electron chi connectivity index (χ1n) is 10.1. The Hall–Kier alpha value is -2.09. The summed E-state index contributed by atoms with van der Waals surface area (Å²) in [5, 5.41) is 12.1. The fourth-order valence-corrected chi connectivity index (χ4v) is 4.72. The Morgan fingerprint density at radius 3 is 2.74 bits per heavy atom. The lowest BCUT2D eigenvalue weighted by Crippen LogP contribution is -2.26. The SMILES string of the molecule is [2H]C([2H])(CNC1c2ccccc2N(C)S(=O)(=O)c2cc(Cl)ccc21)C([2H])([2H])CC(=O)O. The van der Waals surface area contributed by atoms with Gasteiger partial charge in [-0.3, -0.25) is 9.10 Å². The normalized spacial score (nSPS) is 21.0. The van der Waals surface area contributed by atoms with Crippen molar-refractivity contribution in [2.45, 2.75) is 30.1 Å². The van der Waals surface area contributed by atoms with E-state index in [1.807, 2.05) is 0 Å². The standard InChI is InChI=1S/C19H21ClN2O4S/c1-22-16-7-3-2-6-14(16)19(21-11-5-4-8-18(23)24)15-10-9-13(20)12-17(15)27(22,25)26/h2-3,6-7,9-10,12,19,21H,4-5,8,11H2,1H3,(H,23,24)/i4D2,5D2. The zero-order chi connectivity index (χ0) is 23.2. The van der Waals surface area contributed by atoms with E-state index in [1.54, 1.807) is 24.3 Å². The summed E-state index contributed by atoms with van der Waals surface area (Å²) >= 11 is 6.05. The fraction of sp³-hybridized carbons (Fsp3) is 0.316. The maximum Gasteiger partial charge on any atom is 0.303 e. The quantitative estimate of drug-likeness (QED) is 0.759. The predicted octanol–water partition coefficient (Wildman–Crippen LogP) is 3.41. The number of rotatable bonds is 6. The van der Waals surface area contributed by atoms with Crippen molar-refractivity contribution in [3.05, 3.63) is 58.6 Å². The van der Waals surface area contributed by atoms with E-state index >= 15 is 0 Å². The maximum absolute atomic E-state index is 13.2. The van der Waals surface area contributed by atoms with Gasteiger partial charge in [-0.05, 0) is 48.6 Å². The van der Waals surface area contributed by atoms with Crippen molar-refractivity contribution in [3.8, 4) is 0 Å². The maximum atomic E-state index is 13.2. The molecule has 8 heteroatoms. The van der Waals surface area contributed by atoms with Crippen molar-refractivity contribution >= 4 is 33.3 Å². The van der Waals surface area contributed by atoms with Crippen molar-refractivity contribution in [3.63, 3.8) is 0 Å². The molecule has 2 N–H and O–H groups in total. The monoisotopic (exact) mass is 412 g/mol. The molecule has 1 aliphatic heterocycles. The molecule has 0 fully saturated rings. The Bertz CT molecular complexity index is 1130. The van der Waals surface area contributed by atoms with Gasteiger partial charge in [0, 0.05) is 24.0 Å². The second-order valence-corrected chi connectivity index (χ2v) is 8.33. The van der Waals surface area contributed by atoms with Gasteiger partial charge in [-0.2, -0.15) is 0 Å². The van der Waals surface area contributed by atoms with Crippen LogP contribution in [0, 0.1) is 0 Å². The molecule has 0 saturated heterocycles. The molecule has 0 saturated carbocycles. The molecule has 0 spiro atoms. The highest BCUT2D eigenvalue weighted by Gasteiger charge is 2.34. The number of sulfonamides is 1. The van der Waals surface area contributed by atoms with E-state index < -0.39 is 47.7 Å². The smallest absolute Gasteiger partial charge is 0.303 e. The van der Waals surface area contributed by atoms with Gasteiger partial charge in [0.2, 0.25) is 0 Å². The number of benzene rings is 2. The molecule has 1 aliphatic rings. The lowest BCUT2D eigenvalue weighted by atomic mass is 9.96. The van der Waals surface area contributed by atoms with Gasteiger partial charge in [-0.15, -0.1) is 0 Å². The van der Waals surface area contributed by atoms with Crippen LogP contribution in [0.1, 0.15) is 41.8 Å². The summed E-state index contributed by atoms with van der Waals surface area (Å²) in [7, 11) is -2.55. The van der Waals surface area contributed by atoms with Gasteiger partial charge >= 0.3 is 5.97 Å². The van der Waals surface area contributed by atoms with E-state index in [2.05, 4.69) is 5.32 Å². The van der Waals surface area contributed by atoms with Gasteiger partial charge in [0.05, 0.1) is 16.6 Å². The highest BCUT2D eigenvalue weighted by molar-refractivity contribution is 7.92. The number of nitrogens with zero attached hydrogens (tertiary/aromatic N) is 1. The molecule has 0 aliphatic carbocycles. The van der Waals surface area contributed by atoms with Crippen molar-refractivity contribution in [1.29, 1.82) is 0 Å². The number of para-hydroxylation sites is 1. The molecule has 27 heavy (non-hydrogen) atoms. The summed E-state index contributed by atoms with van der Waals surface area (Å²) in [5.41, 5.74) is 1.25. The van der Waals surface area contributed by atoms with Crippen molar-refractivity contribution < 1.29 is 23.8 Å². The van der Waals surface area contributed by atoms with Crippen LogP contribution in [0.4, 0.5) is 5.69 Å². The van der Waals surface area contributed by atoms with E-state index in [1.165, 1.54) is 25.2 Å². The Morgan fingerprint density at radius 2 is 2.00 bits per heavy atom. The van der Waals surface area contributed by atoms with Crippen LogP contribution in [0.15, 0.2) is 47.4 Å². The van der Waals surface area contributed by atoms with Crippen LogP contribution < -0.4 is 9.62 Å². The average molecular weight is 413 g/mol. The van der Waals surface area contributed by atoms with E-state index in [9.17, 15) is 13.2 Å². The van der Waals surface area contributed by atoms with Crippen molar-refractivity contribution in [1.82, 2.24) is 5.32 Å². The molecule has 2 aromatic carbocycles. The largest absolute Gasteiger partial charge is 0.481 e. The highest BCUT2D eigenvalue weighted by atomic mass is 35.5. The number of hydrogen-bond acceptors (Lipinski definition) is 4. The summed E-state index contributed by atoms with van der Waals surface area (Å²) in [6.07, 6.45) is -6.21. The second kappa shape index (κ2) is 7.88. The minimum Gasteiger partial charge on any atom is -0.481 e. The number of anilines is 1. The van der Waals surface area contributed by atoms with Crippen LogP contribution in [0.3, 0.4) is 0 Å². The first-order valence-corrected chi connectivity index (χ1v) is 9.92. The van der Waals surface area contributed by atoms with E-state index in [0.717, 1.165) is 4.31 Å². The zero-order valence-electron chi connectivity index (χ0n) is 18.4. The third kappa shape index (κ3) is 3.95. The fourth-order valence-electron chi connectivity index (χ4n) is 3.01. The van der Waals surface area contributed by atoms with E-state index in [4.69, 9.17) is 22.2 Å². The molecule has 0 amide bonds. The van der Waals surface area contributed by atoms with Gasteiger partial charge < -0.3 is 10.4 Å². The Kier molecular flexibility index (Phi) is 4.35. The lowest BCUT2D eigenvalue weighted by molar-refractivity contribution is -0.137. The van der Waals surface area contributed by atoms with Crippen molar-refractivity contribution in [2.75, 3.05) is 17.9 Å². The van der Waals surface area contributed by atoms with Crippen LogP contribution in [-0.4, -0.2) is 33.1 Å². The van der Waals surface area contributed by atoms with Crippen LogP contribution >= 0.6 is 11.6 Å². The average Bonchev–Trinajstić information content (AvgIpc) is 2.73. The van der Waals surface area contributed by atoms with Crippen LogP contribution in [0.2, 0.25) is 5.02 Å². The third-order valence-electron chi connectivity index (χ3n) is 4.27. The first kappa shape index (κ1) is 14.9. The number of hydrogen-bond donors (Lipinski definition) is 2. The van der Waals surface area contributed by atoms with Gasteiger partial charge in [-0.25, -0.2) is 8.42 Å². The number of nitrogens with one attached hydrogen (secondary N) is 1. The van der Waals surface area contributed by atoms with Gasteiger partial charge in [0.15, 0.2) is 0 Å². The van der Waals surface area contributed by atoms with Crippen LogP contribution in [0.5, 0.6) is 0 Å². The number of aliphatic carboxylic acids is 1. The molecule has 0 bridgehead atoms. The topological polar surface area (TPSA) is 86.7 Å². The molecule has 2 aromatic rings. The molecule has 0 radical (unpaired) electrons. The molecule has 144 valence electrons. The minimum absolute atomic E-state index is 0.0506. The van der Waals surface area contributed by atoms with E-state index in [0.29, 0.717) is 16.8 Å². The first-order chi connectivity index (χ1) is 14.3. The van der Waals surface area contributed by atoms with Crippen LogP contribution in [0.25, 0.3) is 0 Å². The summed E-state index contributed by atoms with van der Waals surface area (Å²) in [6, 6.07) is 10.3. The summed E-state index contributed by atoms with van der Waals surface area (Å²) in [6.45, 7) is -0.557. The minimum atomic E-state index is -3.96. The summed E-state index contributed by atoms with van der Waals surface area (Å²) in [5.74, 6) is -1.46. The van der Waals surface area contributed by atoms with Gasteiger partial charge in [-0.1, -0.05) is 35.9 Å². The number of halogens is 1. The Balaban J connectivity index is 2.10. The highest BCUT2D eigenvalue weighted by Crippen LogP contribution is 2.40. The summed E-state index contributed by atoms with van der Waals surface area (Å²) < 4.78 is 59.6. The summed E-state index contributed by atoms with van der Waals surface area (Å²) in [4.78, 5) is 10.9. The Morgan fingerprint density at radius 1 is 1.26 bits per heavy atom. The van der Waals surface area contributed by atoms with Gasteiger partial charge in [0.25, 0.3) is 10.0 Å². The number of carbonyl (C=O) groups is 1. The molecule has 3 rings (SSSR count). The molecule has 1 heterocycles. The van der Waals surface area contributed by atoms with Gasteiger partial charge in [0.1, 0.15) is 0 Å². The zero-order valence-corrected chi connectivity index (χ0v) is 16.0. The van der Waals surface area contributed by atoms with E-state index in [-0.39, 0.29) is 9.92 Å². The number of carboxylic acid groups (broad SMARTS) is 1. The molecule has 1 unspecified atom stereocenters. The molecular formula is C19H21ClN2O4S. The predicted molar refractivity (Wildman–Crippen MR) is 105 cm³/mol. The lowest BCUT2D eigenvalue weighted by Gasteiger charge is -2.22. The molecule has 6 nitrogen and oxygen atoms in total. The molecule has 1 atom stereocenters. The van der Waals surface area contributed by atoms with Crippen molar-refractivity contribution in [2.24, 2.45) is 0 Å². The Labute approximate surface area is 169 Å². The third-order valence-corrected chi connectivity index (χ3v) is 6.33.